The Bertz CT molecular complexity index is 244. The lowest BCUT2D eigenvalue weighted by atomic mass is 9.80. The van der Waals surface area contributed by atoms with Crippen LogP contribution in [0.5, 0.6) is 0 Å². The summed E-state index contributed by atoms with van der Waals surface area (Å²) in [6.45, 7) is 5.37. The molecule has 1 amide bonds. The van der Waals surface area contributed by atoms with Crippen LogP contribution in [0.25, 0.3) is 0 Å². The molecule has 2 fully saturated rings. The van der Waals surface area contributed by atoms with E-state index in [0.717, 1.165) is 18.4 Å². The van der Waals surface area contributed by atoms with Crippen LogP contribution in [0, 0.1) is 11.8 Å². The largest absolute Gasteiger partial charge is 0.338 e. The van der Waals surface area contributed by atoms with E-state index in [0.29, 0.717) is 12.5 Å². The number of hydrogen-bond donors (Lipinski definition) is 1. The number of carbonyl (C=O) groups excluding carboxylic acids is 1. The number of carbonyl (C=O) groups is 1. The molecule has 0 radical (unpaired) electrons. The molecule has 1 saturated carbocycles. The minimum absolute atomic E-state index is 0.0741. The van der Waals surface area contributed by atoms with Crippen molar-refractivity contribution in [3.8, 4) is 0 Å². The topological polar surface area (TPSA) is 46.3 Å². The van der Waals surface area contributed by atoms with Gasteiger partial charge >= 0.3 is 0 Å². The Hall–Kier alpha value is -0.570. The maximum atomic E-state index is 11.7. The van der Waals surface area contributed by atoms with Gasteiger partial charge in [-0.05, 0) is 31.1 Å². The molecule has 3 heteroatoms. The second kappa shape index (κ2) is 4.12. The quantitative estimate of drug-likeness (QED) is 0.710. The Morgan fingerprint density at radius 1 is 1.20 bits per heavy atom. The fourth-order valence-electron chi connectivity index (χ4n) is 3.27. The summed E-state index contributed by atoms with van der Waals surface area (Å²) < 4.78 is 0. The van der Waals surface area contributed by atoms with E-state index in [1.165, 1.54) is 19.3 Å². The molecule has 1 aliphatic carbocycles. The summed E-state index contributed by atoms with van der Waals surface area (Å²) in [6, 6.07) is 0.537. The van der Waals surface area contributed by atoms with Gasteiger partial charge < -0.3 is 10.6 Å². The van der Waals surface area contributed by atoms with Crippen molar-refractivity contribution in [2.75, 3.05) is 6.54 Å². The first-order chi connectivity index (χ1) is 7.06. The van der Waals surface area contributed by atoms with Crippen LogP contribution >= 0.6 is 0 Å². The molecule has 15 heavy (non-hydrogen) atoms. The maximum absolute atomic E-state index is 11.7. The monoisotopic (exact) mass is 210 g/mol. The first kappa shape index (κ1) is 10.9. The van der Waals surface area contributed by atoms with Crippen molar-refractivity contribution in [2.24, 2.45) is 17.6 Å². The van der Waals surface area contributed by atoms with Gasteiger partial charge in [-0.15, -0.1) is 0 Å². The number of likely N-dealkylation sites (tertiary alicyclic amines) is 1. The minimum Gasteiger partial charge on any atom is -0.338 e. The zero-order valence-electron chi connectivity index (χ0n) is 9.78. The highest BCUT2D eigenvalue weighted by atomic mass is 16.2. The molecule has 0 aromatic carbocycles. The molecule has 0 bridgehead atoms. The molecule has 2 aliphatic rings. The summed E-state index contributed by atoms with van der Waals surface area (Å²) in [7, 11) is 0. The average Bonchev–Trinajstić information content (AvgIpc) is 2.43. The molecule has 86 valence electrons. The van der Waals surface area contributed by atoms with E-state index in [2.05, 4.69) is 13.8 Å². The molecule has 2 N–H and O–H groups in total. The third kappa shape index (κ3) is 2.33. The van der Waals surface area contributed by atoms with Crippen LogP contribution in [-0.2, 0) is 4.79 Å². The number of nitrogens with two attached hydrogens (primary N) is 1. The highest BCUT2D eigenvalue weighted by Crippen LogP contribution is 2.33. The Morgan fingerprint density at radius 2 is 1.80 bits per heavy atom. The van der Waals surface area contributed by atoms with Gasteiger partial charge in [0.25, 0.3) is 0 Å². The van der Waals surface area contributed by atoms with E-state index in [4.69, 9.17) is 5.73 Å². The third-order valence-corrected chi connectivity index (χ3v) is 3.78. The number of amides is 1. The molecular weight excluding hydrogens is 188 g/mol. The number of nitrogens with zero attached hydrogens (tertiary/aromatic N) is 1. The summed E-state index contributed by atoms with van der Waals surface area (Å²) in [5, 5.41) is 0. The molecule has 0 spiro atoms. The van der Waals surface area contributed by atoms with Crippen LogP contribution in [0.15, 0.2) is 0 Å². The summed E-state index contributed by atoms with van der Waals surface area (Å²) in [4.78, 5) is 13.8. The van der Waals surface area contributed by atoms with E-state index in [9.17, 15) is 4.79 Å². The lowest BCUT2D eigenvalue weighted by molar-refractivity contribution is -0.130. The molecule has 3 nitrogen and oxygen atoms in total. The molecule has 1 heterocycles. The van der Waals surface area contributed by atoms with E-state index in [1.807, 2.05) is 4.90 Å². The average molecular weight is 210 g/mol. The van der Waals surface area contributed by atoms with Gasteiger partial charge in [0.2, 0.25) is 5.91 Å². The Labute approximate surface area is 92.0 Å². The van der Waals surface area contributed by atoms with E-state index >= 15 is 0 Å². The van der Waals surface area contributed by atoms with Crippen LogP contribution in [0.3, 0.4) is 0 Å². The van der Waals surface area contributed by atoms with Crippen molar-refractivity contribution in [2.45, 2.75) is 51.6 Å². The predicted octanol–water partition coefficient (Wildman–Crippen LogP) is 1.37. The van der Waals surface area contributed by atoms with Crippen molar-refractivity contribution < 1.29 is 4.79 Å². The van der Waals surface area contributed by atoms with Gasteiger partial charge in [0.15, 0.2) is 0 Å². The minimum atomic E-state index is 0.0741. The lowest BCUT2D eigenvalue weighted by Gasteiger charge is -2.37. The molecule has 3 unspecified atom stereocenters. The van der Waals surface area contributed by atoms with E-state index in [-0.39, 0.29) is 11.9 Å². The summed E-state index contributed by atoms with van der Waals surface area (Å²) in [5.41, 5.74) is 5.83. The fourth-order valence-corrected chi connectivity index (χ4v) is 3.27. The standard InChI is InChI=1S/C12H22N2O/c1-8-3-9(2)5-11(4-8)14-7-10(13)6-12(14)15/h8-11H,3-7,13H2,1-2H3. The Kier molecular flexibility index (Phi) is 3.01. The lowest BCUT2D eigenvalue weighted by Crippen LogP contribution is -2.42. The molecule has 2 rings (SSSR count). The third-order valence-electron chi connectivity index (χ3n) is 3.78. The zero-order chi connectivity index (χ0) is 11.0. The normalized spacial score (nSPS) is 42.3. The van der Waals surface area contributed by atoms with Crippen LogP contribution in [0.1, 0.15) is 39.5 Å². The van der Waals surface area contributed by atoms with Crippen LogP contribution in [0.2, 0.25) is 0 Å². The highest BCUT2D eigenvalue weighted by Gasteiger charge is 2.35. The number of hydrogen-bond acceptors (Lipinski definition) is 2. The van der Waals surface area contributed by atoms with Crippen molar-refractivity contribution in [3.63, 3.8) is 0 Å². The van der Waals surface area contributed by atoms with Gasteiger partial charge in [-0.3, -0.25) is 4.79 Å². The second-order valence-corrected chi connectivity index (χ2v) is 5.58. The molecule has 0 aromatic heterocycles. The van der Waals surface area contributed by atoms with Gasteiger partial charge in [-0.25, -0.2) is 0 Å². The molecule has 0 aromatic rings. The van der Waals surface area contributed by atoms with E-state index < -0.39 is 0 Å². The smallest absolute Gasteiger partial charge is 0.224 e. The van der Waals surface area contributed by atoms with Crippen molar-refractivity contribution in [3.05, 3.63) is 0 Å². The zero-order valence-corrected chi connectivity index (χ0v) is 9.78. The Morgan fingerprint density at radius 3 is 2.27 bits per heavy atom. The number of rotatable bonds is 1. The van der Waals surface area contributed by atoms with Crippen LogP contribution in [-0.4, -0.2) is 29.4 Å². The van der Waals surface area contributed by atoms with E-state index in [1.54, 1.807) is 0 Å². The first-order valence-corrected chi connectivity index (χ1v) is 6.11. The predicted molar refractivity (Wildman–Crippen MR) is 60.3 cm³/mol. The van der Waals surface area contributed by atoms with Crippen molar-refractivity contribution in [1.82, 2.24) is 4.90 Å². The molecule has 1 saturated heterocycles. The second-order valence-electron chi connectivity index (χ2n) is 5.58. The SMILES string of the molecule is CC1CC(C)CC(N2CC(N)CC2=O)C1. The van der Waals surface area contributed by atoms with Gasteiger partial charge in [0.1, 0.15) is 0 Å². The molecular formula is C12H22N2O. The van der Waals surface area contributed by atoms with Gasteiger partial charge in [-0.2, -0.15) is 0 Å². The van der Waals surface area contributed by atoms with Gasteiger partial charge in [0, 0.05) is 25.0 Å². The van der Waals surface area contributed by atoms with Crippen LogP contribution in [0.4, 0.5) is 0 Å². The van der Waals surface area contributed by atoms with Crippen LogP contribution < -0.4 is 5.73 Å². The maximum Gasteiger partial charge on any atom is 0.224 e. The first-order valence-electron chi connectivity index (χ1n) is 6.11. The summed E-state index contributed by atoms with van der Waals surface area (Å²) in [5.74, 6) is 1.78. The summed E-state index contributed by atoms with van der Waals surface area (Å²) >= 11 is 0. The van der Waals surface area contributed by atoms with Gasteiger partial charge in [0.05, 0.1) is 0 Å². The Balaban J connectivity index is 2.00. The van der Waals surface area contributed by atoms with Crippen molar-refractivity contribution in [1.29, 1.82) is 0 Å². The fraction of sp³-hybridized carbons (Fsp3) is 0.917. The molecule has 3 atom stereocenters. The highest BCUT2D eigenvalue weighted by molar-refractivity contribution is 5.79. The molecule has 1 aliphatic heterocycles. The summed E-state index contributed by atoms with van der Waals surface area (Å²) in [6.07, 6.45) is 4.20. The van der Waals surface area contributed by atoms with Crippen molar-refractivity contribution >= 4 is 5.91 Å². The van der Waals surface area contributed by atoms with Gasteiger partial charge in [-0.1, -0.05) is 13.8 Å².